The number of carbonyl (C=O) groups excluding carboxylic acids is 1. The Balaban J connectivity index is 1.93. The van der Waals surface area contributed by atoms with Gasteiger partial charge in [0, 0.05) is 26.1 Å². The molecule has 1 aliphatic heterocycles. The van der Waals surface area contributed by atoms with Crippen molar-refractivity contribution in [1.29, 1.82) is 5.26 Å². The van der Waals surface area contributed by atoms with Gasteiger partial charge in [0.25, 0.3) is 0 Å². The Labute approximate surface area is 106 Å². The maximum atomic E-state index is 11.0. The first kappa shape index (κ1) is 12.3. The van der Waals surface area contributed by atoms with Crippen LogP contribution in [-0.4, -0.2) is 35.0 Å². The molecule has 1 aliphatic rings. The lowest BCUT2D eigenvalue weighted by Gasteiger charge is -2.32. The molecule has 94 valence electrons. The fourth-order valence-corrected chi connectivity index (χ4v) is 2.05. The van der Waals surface area contributed by atoms with E-state index in [9.17, 15) is 4.79 Å². The van der Waals surface area contributed by atoms with E-state index in [0.29, 0.717) is 11.5 Å². The second-order valence-electron chi connectivity index (χ2n) is 4.35. The third kappa shape index (κ3) is 2.94. The van der Waals surface area contributed by atoms with Crippen LogP contribution in [0.1, 0.15) is 25.3 Å². The number of nitrogens with one attached hydrogen (secondary N) is 1. The third-order valence-corrected chi connectivity index (χ3v) is 2.95. The van der Waals surface area contributed by atoms with Crippen molar-refractivity contribution in [2.75, 3.05) is 18.0 Å². The summed E-state index contributed by atoms with van der Waals surface area (Å²) in [7, 11) is 0. The summed E-state index contributed by atoms with van der Waals surface area (Å²) in [6, 6.07) is 2.24. The number of nitriles is 1. The largest absolute Gasteiger partial charge is 0.353 e. The molecule has 0 bridgehead atoms. The van der Waals surface area contributed by atoms with Gasteiger partial charge in [-0.05, 0) is 12.8 Å². The van der Waals surface area contributed by atoms with Gasteiger partial charge in [-0.3, -0.25) is 4.79 Å². The van der Waals surface area contributed by atoms with E-state index in [-0.39, 0.29) is 11.9 Å². The summed E-state index contributed by atoms with van der Waals surface area (Å²) in [6.45, 7) is 3.17. The van der Waals surface area contributed by atoms with Gasteiger partial charge in [0.2, 0.25) is 11.9 Å². The summed E-state index contributed by atoms with van der Waals surface area (Å²) in [6.07, 6.45) is 4.84. The zero-order valence-electron chi connectivity index (χ0n) is 10.3. The maximum absolute atomic E-state index is 11.0. The van der Waals surface area contributed by atoms with Gasteiger partial charge in [-0.15, -0.1) is 0 Å². The summed E-state index contributed by atoms with van der Waals surface area (Å²) < 4.78 is 0. The molecule has 1 aromatic heterocycles. The van der Waals surface area contributed by atoms with E-state index in [1.165, 1.54) is 19.3 Å². The van der Waals surface area contributed by atoms with E-state index < -0.39 is 0 Å². The van der Waals surface area contributed by atoms with E-state index in [1.54, 1.807) is 0 Å². The van der Waals surface area contributed by atoms with E-state index >= 15 is 0 Å². The van der Waals surface area contributed by atoms with Crippen molar-refractivity contribution in [3.8, 4) is 6.07 Å². The molecule has 2 rings (SSSR count). The van der Waals surface area contributed by atoms with Crippen LogP contribution in [0.4, 0.5) is 5.95 Å². The van der Waals surface area contributed by atoms with E-state index in [1.807, 2.05) is 6.07 Å². The molecule has 6 nitrogen and oxygen atoms in total. The van der Waals surface area contributed by atoms with Crippen LogP contribution in [0.15, 0.2) is 12.4 Å². The molecule has 0 unspecified atom stereocenters. The molecule has 0 atom stereocenters. The van der Waals surface area contributed by atoms with Crippen LogP contribution in [0.25, 0.3) is 0 Å². The molecule has 1 aromatic rings. The van der Waals surface area contributed by atoms with Crippen LogP contribution >= 0.6 is 0 Å². The van der Waals surface area contributed by atoms with Gasteiger partial charge in [-0.1, -0.05) is 0 Å². The van der Waals surface area contributed by atoms with Crippen LogP contribution in [0.5, 0.6) is 0 Å². The standard InChI is InChI=1S/C12H15N5O/c1-9(18)16-11-2-4-17(5-3-11)12-14-7-10(6-13)8-15-12/h7-8,11H,2-5H2,1H3,(H,16,18). The third-order valence-electron chi connectivity index (χ3n) is 2.95. The molecule has 0 radical (unpaired) electrons. The van der Waals surface area contributed by atoms with Crippen LogP contribution in [0, 0.1) is 11.3 Å². The van der Waals surface area contributed by atoms with Crippen LogP contribution in [0.3, 0.4) is 0 Å². The van der Waals surface area contributed by atoms with Gasteiger partial charge >= 0.3 is 0 Å². The average Bonchev–Trinajstić information content (AvgIpc) is 2.39. The van der Waals surface area contributed by atoms with Crippen molar-refractivity contribution in [3.63, 3.8) is 0 Å². The molecule has 0 aromatic carbocycles. The van der Waals surface area contributed by atoms with Gasteiger partial charge in [0.15, 0.2) is 0 Å². The van der Waals surface area contributed by atoms with Crippen molar-refractivity contribution < 1.29 is 4.79 Å². The first-order valence-corrected chi connectivity index (χ1v) is 5.93. The smallest absolute Gasteiger partial charge is 0.225 e. The number of anilines is 1. The lowest BCUT2D eigenvalue weighted by Crippen LogP contribution is -2.44. The van der Waals surface area contributed by atoms with Gasteiger partial charge < -0.3 is 10.2 Å². The molecule has 18 heavy (non-hydrogen) atoms. The molecule has 0 aliphatic carbocycles. The van der Waals surface area contributed by atoms with E-state index in [2.05, 4.69) is 20.2 Å². The molecular formula is C12H15N5O. The normalized spacial score (nSPS) is 16.1. The fourth-order valence-electron chi connectivity index (χ4n) is 2.05. The predicted molar refractivity (Wildman–Crippen MR) is 65.8 cm³/mol. The Morgan fingerprint density at radius 3 is 2.56 bits per heavy atom. The molecule has 6 heteroatoms. The maximum Gasteiger partial charge on any atom is 0.225 e. The average molecular weight is 245 g/mol. The van der Waals surface area contributed by atoms with Gasteiger partial charge in [0.05, 0.1) is 18.0 Å². The van der Waals surface area contributed by atoms with Crippen molar-refractivity contribution >= 4 is 11.9 Å². The predicted octanol–water partition coefficient (Wildman–Crippen LogP) is 0.453. The fraction of sp³-hybridized carbons (Fsp3) is 0.500. The number of rotatable bonds is 2. The van der Waals surface area contributed by atoms with E-state index in [4.69, 9.17) is 5.26 Å². The second kappa shape index (κ2) is 5.45. The number of carbonyl (C=O) groups is 1. The Kier molecular flexibility index (Phi) is 3.72. The van der Waals surface area contributed by atoms with E-state index in [0.717, 1.165) is 25.9 Å². The number of nitrogens with zero attached hydrogens (tertiary/aromatic N) is 4. The lowest BCUT2D eigenvalue weighted by atomic mass is 10.1. The Hall–Kier alpha value is -2.16. The zero-order valence-corrected chi connectivity index (χ0v) is 10.3. The molecule has 0 spiro atoms. The first-order chi connectivity index (χ1) is 8.69. The lowest BCUT2D eigenvalue weighted by molar-refractivity contribution is -0.119. The number of hydrogen-bond acceptors (Lipinski definition) is 5. The zero-order chi connectivity index (χ0) is 13.0. The van der Waals surface area contributed by atoms with Gasteiger partial charge in [-0.2, -0.15) is 5.26 Å². The summed E-state index contributed by atoms with van der Waals surface area (Å²) >= 11 is 0. The summed E-state index contributed by atoms with van der Waals surface area (Å²) in [4.78, 5) is 21.4. The topological polar surface area (TPSA) is 81.9 Å². The number of hydrogen-bond donors (Lipinski definition) is 1. The molecule has 0 saturated carbocycles. The molecule has 1 fully saturated rings. The number of amides is 1. The minimum absolute atomic E-state index is 0.0167. The van der Waals surface area contributed by atoms with Crippen LogP contribution in [-0.2, 0) is 4.79 Å². The highest BCUT2D eigenvalue weighted by molar-refractivity contribution is 5.73. The van der Waals surface area contributed by atoms with Crippen LogP contribution in [0.2, 0.25) is 0 Å². The highest BCUT2D eigenvalue weighted by Gasteiger charge is 2.21. The minimum Gasteiger partial charge on any atom is -0.353 e. The SMILES string of the molecule is CC(=O)NC1CCN(c2ncc(C#N)cn2)CC1. The second-order valence-corrected chi connectivity index (χ2v) is 4.35. The summed E-state index contributed by atoms with van der Waals surface area (Å²) in [5, 5.41) is 11.6. The van der Waals surface area contributed by atoms with Crippen molar-refractivity contribution in [1.82, 2.24) is 15.3 Å². The molecule has 1 amide bonds. The Morgan fingerprint density at radius 2 is 2.06 bits per heavy atom. The van der Waals surface area contributed by atoms with Crippen LogP contribution < -0.4 is 10.2 Å². The van der Waals surface area contributed by atoms with Crippen molar-refractivity contribution in [2.45, 2.75) is 25.8 Å². The van der Waals surface area contributed by atoms with Gasteiger partial charge in [0.1, 0.15) is 6.07 Å². The molecular weight excluding hydrogens is 230 g/mol. The van der Waals surface area contributed by atoms with Gasteiger partial charge in [-0.25, -0.2) is 9.97 Å². The summed E-state index contributed by atoms with van der Waals surface area (Å²) in [5.41, 5.74) is 0.465. The number of aromatic nitrogens is 2. The molecule has 2 heterocycles. The monoisotopic (exact) mass is 245 g/mol. The Bertz CT molecular complexity index is 456. The Morgan fingerprint density at radius 1 is 1.44 bits per heavy atom. The molecule has 1 saturated heterocycles. The first-order valence-electron chi connectivity index (χ1n) is 5.93. The van der Waals surface area contributed by atoms with Crippen molar-refractivity contribution in [2.24, 2.45) is 0 Å². The number of piperidine rings is 1. The highest BCUT2D eigenvalue weighted by atomic mass is 16.1. The summed E-state index contributed by atoms with van der Waals surface area (Å²) in [5.74, 6) is 0.665. The molecule has 1 N–H and O–H groups in total. The van der Waals surface area contributed by atoms with Crippen molar-refractivity contribution in [3.05, 3.63) is 18.0 Å². The minimum atomic E-state index is 0.0167. The quantitative estimate of drug-likeness (QED) is 0.818. The highest BCUT2D eigenvalue weighted by Crippen LogP contribution is 2.15.